The zero-order valence-corrected chi connectivity index (χ0v) is 11.2. The molecule has 0 atom stereocenters. The van der Waals surface area contributed by atoms with Gasteiger partial charge in [0.2, 0.25) is 0 Å². The van der Waals surface area contributed by atoms with Gasteiger partial charge < -0.3 is 25.1 Å². The van der Waals surface area contributed by atoms with Crippen LogP contribution in [0.5, 0.6) is 5.75 Å². The Labute approximate surface area is 110 Å². The number of phenols is 1. The summed E-state index contributed by atoms with van der Waals surface area (Å²) in [6, 6.07) is 4.78. The van der Waals surface area contributed by atoms with Crippen LogP contribution >= 0.6 is 7.60 Å². The predicted molar refractivity (Wildman–Crippen MR) is 68.4 cm³/mol. The average Bonchev–Trinajstić information content (AvgIpc) is 2.30. The molecule has 0 heterocycles. The summed E-state index contributed by atoms with van der Waals surface area (Å²) in [4.78, 5) is 19.2. The highest BCUT2D eigenvalue weighted by Crippen LogP contribution is 2.36. The number of aliphatic hydroxyl groups excluding tert-OH is 2. The van der Waals surface area contributed by atoms with Crippen molar-refractivity contribution in [2.45, 2.75) is 13.2 Å². The molecule has 0 aliphatic heterocycles. The SMILES string of the molecule is O=P(O)(O)CN(CCO)Cc1cccc(CO)c1O. The Balaban J connectivity index is 2.87. The molecule has 7 nitrogen and oxygen atoms in total. The van der Waals surface area contributed by atoms with Crippen molar-refractivity contribution in [1.82, 2.24) is 4.90 Å². The Bertz CT molecular complexity index is 460. The fraction of sp³-hybridized carbons (Fsp3) is 0.455. The number of aliphatic hydroxyl groups is 2. The second-order valence-electron chi connectivity index (χ2n) is 4.17. The van der Waals surface area contributed by atoms with Crippen LogP contribution in [0.1, 0.15) is 11.1 Å². The lowest BCUT2D eigenvalue weighted by Gasteiger charge is -2.22. The normalized spacial score (nSPS) is 12.1. The minimum Gasteiger partial charge on any atom is -0.507 e. The van der Waals surface area contributed by atoms with Crippen molar-refractivity contribution in [2.75, 3.05) is 19.4 Å². The first-order valence-corrected chi connectivity index (χ1v) is 7.45. The van der Waals surface area contributed by atoms with Gasteiger partial charge in [0.15, 0.2) is 0 Å². The van der Waals surface area contributed by atoms with E-state index in [1.807, 2.05) is 0 Å². The molecule has 0 saturated carbocycles. The maximum Gasteiger partial charge on any atom is 0.339 e. The first kappa shape index (κ1) is 16.1. The van der Waals surface area contributed by atoms with Gasteiger partial charge in [-0.2, -0.15) is 0 Å². The van der Waals surface area contributed by atoms with E-state index >= 15 is 0 Å². The van der Waals surface area contributed by atoms with E-state index < -0.39 is 13.9 Å². The number of hydrogen-bond acceptors (Lipinski definition) is 5. The van der Waals surface area contributed by atoms with Crippen LogP contribution in [0.4, 0.5) is 0 Å². The van der Waals surface area contributed by atoms with Crippen LogP contribution in [-0.2, 0) is 17.7 Å². The summed E-state index contributed by atoms with van der Waals surface area (Å²) in [5.41, 5.74) is 0.783. The molecule has 0 fully saturated rings. The zero-order chi connectivity index (χ0) is 14.5. The van der Waals surface area contributed by atoms with E-state index in [0.717, 1.165) is 0 Å². The third kappa shape index (κ3) is 5.28. The zero-order valence-electron chi connectivity index (χ0n) is 10.3. The molecule has 1 aromatic carbocycles. The summed E-state index contributed by atoms with van der Waals surface area (Å²) in [7, 11) is -4.24. The monoisotopic (exact) mass is 291 g/mol. The van der Waals surface area contributed by atoms with Crippen molar-refractivity contribution in [3.8, 4) is 5.75 Å². The summed E-state index contributed by atoms with van der Waals surface area (Å²) in [5, 5.41) is 27.8. The minimum atomic E-state index is -4.24. The standard InChI is InChI=1S/C11H18NO6P/c13-5-4-12(8-19(16,17)18)6-9-2-1-3-10(7-14)11(9)15/h1-3,13-15H,4-8H2,(H2,16,17,18). The van der Waals surface area contributed by atoms with Gasteiger partial charge in [-0.05, 0) is 0 Å². The molecule has 0 aliphatic rings. The smallest absolute Gasteiger partial charge is 0.339 e. The van der Waals surface area contributed by atoms with Gasteiger partial charge in [0, 0.05) is 24.2 Å². The summed E-state index contributed by atoms with van der Waals surface area (Å²) in [5.74, 6) is -0.0985. The maximum atomic E-state index is 11.0. The molecule has 8 heteroatoms. The van der Waals surface area contributed by atoms with Gasteiger partial charge >= 0.3 is 7.60 Å². The molecule has 1 aromatic rings. The fourth-order valence-corrected chi connectivity index (χ4v) is 2.50. The van der Waals surface area contributed by atoms with E-state index in [-0.39, 0.29) is 32.1 Å². The Kier molecular flexibility index (Phi) is 5.93. The Morgan fingerprint density at radius 2 is 1.79 bits per heavy atom. The van der Waals surface area contributed by atoms with Crippen molar-refractivity contribution in [1.29, 1.82) is 0 Å². The molecular weight excluding hydrogens is 273 g/mol. The summed E-state index contributed by atoms with van der Waals surface area (Å²) < 4.78 is 11.0. The summed E-state index contributed by atoms with van der Waals surface area (Å²) in [6.07, 6.45) is -0.504. The Hall–Kier alpha value is -0.950. The van der Waals surface area contributed by atoms with Gasteiger partial charge in [0.05, 0.1) is 13.2 Å². The van der Waals surface area contributed by atoms with Crippen molar-refractivity contribution >= 4 is 7.60 Å². The summed E-state index contributed by atoms with van der Waals surface area (Å²) >= 11 is 0. The Morgan fingerprint density at radius 1 is 1.16 bits per heavy atom. The molecule has 0 spiro atoms. The number of aromatic hydroxyl groups is 1. The lowest BCUT2D eigenvalue weighted by atomic mass is 10.1. The van der Waals surface area contributed by atoms with Gasteiger partial charge in [-0.1, -0.05) is 18.2 Å². The van der Waals surface area contributed by atoms with Crippen LogP contribution in [0.3, 0.4) is 0 Å². The predicted octanol–water partition coefficient (Wildman–Crippen LogP) is -0.186. The molecule has 5 N–H and O–H groups in total. The van der Waals surface area contributed by atoms with Gasteiger partial charge in [-0.3, -0.25) is 9.46 Å². The minimum absolute atomic E-state index is 0.0747. The van der Waals surface area contributed by atoms with Crippen LogP contribution in [-0.4, -0.2) is 49.4 Å². The molecule has 0 amide bonds. The largest absolute Gasteiger partial charge is 0.507 e. The van der Waals surface area contributed by atoms with E-state index in [2.05, 4.69) is 0 Å². The average molecular weight is 291 g/mol. The first-order chi connectivity index (χ1) is 8.87. The summed E-state index contributed by atoms with van der Waals surface area (Å²) in [6.45, 7) is -0.419. The second kappa shape index (κ2) is 7.00. The topological polar surface area (TPSA) is 121 Å². The molecular formula is C11H18NO6P. The van der Waals surface area contributed by atoms with Crippen LogP contribution in [0.15, 0.2) is 18.2 Å². The maximum absolute atomic E-state index is 11.0. The molecule has 0 aliphatic carbocycles. The fourth-order valence-electron chi connectivity index (χ4n) is 1.74. The molecule has 0 radical (unpaired) electrons. The van der Waals surface area contributed by atoms with E-state index in [1.54, 1.807) is 18.2 Å². The molecule has 0 aromatic heterocycles. The number of para-hydroxylation sites is 1. The quantitative estimate of drug-likeness (QED) is 0.441. The van der Waals surface area contributed by atoms with Crippen LogP contribution in [0.2, 0.25) is 0 Å². The molecule has 0 bridgehead atoms. The third-order valence-corrected chi connectivity index (χ3v) is 3.34. The van der Waals surface area contributed by atoms with E-state index in [9.17, 15) is 9.67 Å². The van der Waals surface area contributed by atoms with Gasteiger partial charge in [-0.25, -0.2) is 0 Å². The highest BCUT2D eigenvalue weighted by atomic mass is 31.2. The van der Waals surface area contributed by atoms with Crippen LogP contribution < -0.4 is 0 Å². The lowest BCUT2D eigenvalue weighted by molar-refractivity contribution is 0.197. The number of benzene rings is 1. The van der Waals surface area contributed by atoms with Crippen LogP contribution in [0, 0.1) is 0 Å². The van der Waals surface area contributed by atoms with Crippen LogP contribution in [0.25, 0.3) is 0 Å². The molecule has 0 saturated heterocycles. The molecule has 0 unspecified atom stereocenters. The van der Waals surface area contributed by atoms with Crippen molar-refractivity contribution in [2.24, 2.45) is 0 Å². The highest BCUT2D eigenvalue weighted by Gasteiger charge is 2.20. The molecule has 108 valence electrons. The number of rotatable bonds is 7. The third-order valence-electron chi connectivity index (χ3n) is 2.57. The molecule has 19 heavy (non-hydrogen) atoms. The van der Waals surface area contributed by atoms with Gasteiger partial charge in [0.1, 0.15) is 12.0 Å². The number of hydrogen-bond donors (Lipinski definition) is 5. The second-order valence-corrected chi connectivity index (χ2v) is 5.78. The molecule has 1 rings (SSSR count). The van der Waals surface area contributed by atoms with Gasteiger partial charge in [-0.15, -0.1) is 0 Å². The van der Waals surface area contributed by atoms with E-state index in [4.69, 9.17) is 20.0 Å². The van der Waals surface area contributed by atoms with Crippen molar-refractivity contribution in [3.63, 3.8) is 0 Å². The first-order valence-electron chi connectivity index (χ1n) is 5.65. The van der Waals surface area contributed by atoms with E-state index in [1.165, 1.54) is 4.90 Å². The van der Waals surface area contributed by atoms with E-state index in [0.29, 0.717) is 11.1 Å². The highest BCUT2D eigenvalue weighted by molar-refractivity contribution is 7.51. The number of nitrogens with zero attached hydrogens (tertiary/aromatic N) is 1. The van der Waals surface area contributed by atoms with Gasteiger partial charge in [0.25, 0.3) is 0 Å². The Morgan fingerprint density at radius 3 is 2.32 bits per heavy atom. The van der Waals surface area contributed by atoms with Crippen molar-refractivity contribution < 1.29 is 29.7 Å². The lowest BCUT2D eigenvalue weighted by Crippen LogP contribution is -2.27. The van der Waals surface area contributed by atoms with Crippen molar-refractivity contribution in [3.05, 3.63) is 29.3 Å².